The van der Waals surface area contributed by atoms with Crippen molar-refractivity contribution >= 4 is 29.7 Å². The van der Waals surface area contributed by atoms with Crippen molar-refractivity contribution < 1.29 is 24.0 Å². The molecule has 2 heterocycles. The van der Waals surface area contributed by atoms with Crippen LogP contribution in [-0.2, 0) is 19.2 Å². The number of barbiturate groups is 1. The summed E-state index contributed by atoms with van der Waals surface area (Å²) in [5, 5.41) is 6.16. The van der Waals surface area contributed by atoms with Crippen LogP contribution in [0.1, 0.15) is 33.6 Å². The van der Waals surface area contributed by atoms with Crippen molar-refractivity contribution in [2.24, 2.45) is 11.3 Å². The number of nitrogens with one attached hydrogen (secondary N) is 3. The molecular weight excluding hydrogens is 266 g/mol. The molecule has 0 unspecified atom stereocenters. The molecule has 20 heavy (non-hydrogen) atoms. The Balaban J connectivity index is 0.000000200. The van der Waals surface area contributed by atoms with Gasteiger partial charge in [0.2, 0.25) is 23.6 Å². The summed E-state index contributed by atoms with van der Waals surface area (Å²) in [5.41, 5.74) is -0.139. The Morgan fingerprint density at radius 3 is 1.60 bits per heavy atom. The first-order valence-corrected chi connectivity index (χ1v) is 6.09. The molecule has 8 heteroatoms. The van der Waals surface area contributed by atoms with Crippen molar-refractivity contribution in [2.75, 3.05) is 0 Å². The van der Waals surface area contributed by atoms with E-state index in [4.69, 9.17) is 0 Å². The molecule has 2 aliphatic heterocycles. The van der Waals surface area contributed by atoms with Crippen LogP contribution < -0.4 is 16.0 Å². The molecule has 0 atom stereocenters. The summed E-state index contributed by atoms with van der Waals surface area (Å²) in [4.78, 5) is 53.1. The normalized spacial score (nSPS) is 22.2. The number of hydrogen-bond donors (Lipinski definition) is 3. The smallest absolute Gasteiger partial charge is 0.296 e. The van der Waals surface area contributed by atoms with Crippen molar-refractivity contribution in [3.05, 3.63) is 0 Å². The Labute approximate surface area is 115 Å². The van der Waals surface area contributed by atoms with E-state index in [2.05, 4.69) is 5.32 Å². The van der Waals surface area contributed by atoms with Gasteiger partial charge in [-0.25, -0.2) is 4.79 Å². The highest BCUT2D eigenvalue weighted by Crippen LogP contribution is 2.27. The molecule has 0 saturated carbocycles. The monoisotopic (exact) mass is 283 g/mol. The summed E-state index contributed by atoms with van der Waals surface area (Å²) in [6.45, 7) is 5.27. The summed E-state index contributed by atoms with van der Waals surface area (Å²) < 4.78 is 0. The predicted molar refractivity (Wildman–Crippen MR) is 67.0 cm³/mol. The van der Waals surface area contributed by atoms with Gasteiger partial charge in [0.05, 0.1) is 0 Å². The molecule has 0 radical (unpaired) electrons. The molecule has 0 aromatic carbocycles. The fourth-order valence-corrected chi connectivity index (χ4v) is 1.77. The van der Waals surface area contributed by atoms with Gasteiger partial charge in [-0.05, 0) is 12.3 Å². The second-order valence-electron chi connectivity index (χ2n) is 5.52. The third-order valence-electron chi connectivity index (χ3n) is 2.82. The van der Waals surface area contributed by atoms with E-state index in [1.165, 1.54) is 6.92 Å². The molecule has 0 aromatic heterocycles. The number of amides is 6. The number of carbonyl (C=O) groups is 5. The molecule has 2 saturated heterocycles. The Hall–Kier alpha value is -2.25. The van der Waals surface area contributed by atoms with E-state index in [1.807, 2.05) is 24.5 Å². The van der Waals surface area contributed by atoms with Gasteiger partial charge in [-0.3, -0.25) is 35.1 Å². The third kappa shape index (κ3) is 4.45. The van der Waals surface area contributed by atoms with Crippen molar-refractivity contribution in [2.45, 2.75) is 33.6 Å². The van der Waals surface area contributed by atoms with Crippen molar-refractivity contribution in [1.82, 2.24) is 16.0 Å². The lowest BCUT2D eigenvalue weighted by atomic mass is 9.83. The van der Waals surface area contributed by atoms with Crippen LogP contribution >= 0.6 is 0 Å². The summed E-state index contributed by atoms with van der Waals surface area (Å²) in [6.07, 6.45) is 0.914. The van der Waals surface area contributed by atoms with Crippen LogP contribution in [0.5, 0.6) is 0 Å². The van der Waals surface area contributed by atoms with E-state index < -0.39 is 23.8 Å². The minimum atomic E-state index is -0.766. The topological polar surface area (TPSA) is 121 Å². The van der Waals surface area contributed by atoms with Crippen LogP contribution in [0.2, 0.25) is 0 Å². The van der Waals surface area contributed by atoms with Crippen molar-refractivity contribution in [1.29, 1.82) is 0 Å². The van der Waals surface area contributed by atoms with Crippen LogP contribution in [-0.4, -0.2) is 29.7 Å². The number of carbonyl (C=O) groups excluding carboxylic acids is 5. The van der Waals surface area contributed by atoms with Gasteiger partial charge in [-0.1, -0.05) is 13.8 Å². The van der Waals surface area contributed by atoms with E-state index in [-0.39, 0.29) is 17.2 Å². The molecule has 0 bridgehead atoms. The van der Waals surface area contributed by atoms with E-state index in [9.17, 15) is 24.0 Å². The van der Waals surface area contributed by atoms with Gasteiger partial charge in [0, 0.05) is 12.8 Å². The Morgan fingerprint density at radius 2 is 1.25 bits per heavy atom. The summed E-state index contributed by atoms with van der Waals surface area (Å²) in [5.74, 6) is -2.16. The number of hydrogen-bond acceptors (Lipinski definition) is 5. The molecule has 2 aliphatic rings. The molecule has 2 rings (SSSR count). The number of imide groups is 3. The largest absolute Gasteiger partial charge is 0.328 e. The van der Waals surface area contributed by atoms with Crippen molar-refractivity contribution in [3.63, 3.8) is 0 Å². The van der Waals surface area contributed by atoms with Gasteiger partial charge in [0.25, 0.3) is 0 Å². The minimum absolute atomic E-state index is 0.139. The van der Waals surface area contributed by atoms with E-state index in [1.54, 1.807) is 0 Å². The quantitative estimate of drug-likeness (QED) is 0.406. The zero-order valence-corrected chi connectivity index (χ0v) is 11.5. The molecule has 6 amide bonds. The molecule has 110 valence electrons. The maximum atomic E-state index is 10.8. The Morgan fingerprint density at radius 1 is 0.850 bits per heavy atom. The first-order chi connectivity index (χ1) is 9.10. The standard InChI is InChI=1S/C7H11NO2.C5H6N2O3/c1-7(2)3-5(9)8-6(10)4-7;1-2-3(8)6-5(10)7-4(2)9/h3-4H2,1-2H3,(H,8,9,10);2H,1H3,(H2,6,7,8,9,10). The van der Waals surface area contributed by atoms with Gasteiger partial charge in [0.15, 0.2) is 0 Å². The molecule has 0 aromatic rings. The molecule has 3 N–H and O–H groups in total. The molecule has 2 fully saturated rings. The second-order valence-corrected chi connectivity index (χ2v) is 5.52. The van der Waals surface area contributed by atoms with Crippen molar-refractivity contribution in [3.8, 4) is 0 Å². The summed E-state index contributed by atoms with van der Waals surface area (Å²) >= 11 is 0. The predicted octanol–water partition coefficient (Wildman–Crippen LogP) is -0.562. The molecular formula is C12H17N3O5. The third-order valence-corrected chi connectivity index (χ3v) is 2.82. The first kappa shape index (κ1) is 15.8. The number of urea groups is 1. The molecule has 8 nitrogen and oxygen atoms in total. The van der Waals surface area contributed by atoms with Gasteiger partial charge in [-0.15, -0.1) is 0 Å². The molecule has 0 spiro atoms. The van der Waals surface area contributed by atoms with Gasteiger partial charge >= 0.3 is 6.03 Å². The molecule has 0 aliphatic carbocycles. The maximum Gasteiger partial charge on any atom is 0.328 e. The van der Waals surface area contributed by atoms with E-state index >= 15 is 0 Å². The van der Waals surface area contributed by atoms with Crippen LogP contribution in [0.15, 0.2) is 0 Å². The lowest BCUT2D eigenvalue weighted by Gasteiger charge is -2.27. The summed E-state index contributed by atoms with van der Waals surface area (Å²) in [7, 11) is 0. The summed E-state index contributed by atoms with van der Waals surface area (Å²) in [6, 6.07) is -0.742. The highest BCUT2D eigenvalue weighted by atomic mass is 16.2. The average molecular weight is 283 g/mol. The highest BCUT2D eigenvalue weighted by molar-refractivity contribution is 6.15. The number of piperidine rings is 1. The van der Waals surface area contributed by atoms with Crippen LogP contribution in [0.3, 0.4) is 0 Å². The zero-order chi connectivity index (χ0) is 15.5. The Kier molecular flexibility index (Phi) is 4.59. The average Bonchev–Trinajstić information content (AvgIpc) is 2.22. The van der Waals surface area contributed by atoms with Gasteiger partial charge < -0.3 is 0 Å². The van der Waals surface area contributed by atoms with Gasteiger partial charge in [0.1, 0.15) is 5.92 Å². The van der Waals surface area contributed by atoms with E-state index in [0.717, 1.165) is 0 Å². The lowest BCUT2D eigenvalue weighted by molar-refractivity contribution is -0.138. The second kappa shape index (κ2) is 5.81. The first-order valence-electron chi connectivity index (χ1n) is 6.09. The van der Waals surface area contributed by atoms with Gasteiger partial charge in [-0.2, -0.15) is 0 Å². The van der Waals surface area contributed by atoms with Crippen LogP contribution in [0.4, 0.5) is 4.79 Å². The SMILES string of the molecule is CC1(C)CC(=O)NC(=O)C1.CC1C(=O)NC(=O)NC1=O. The van der Waals surface area contributed by atoms with Crippen LogP contribution in [0, 0.1) is 11.3 Å². The number of rotatable bonds is 0. The fraction of sp³-hybridized carbons (Fsp3) is 0.583. The zero-order valence-electron chi connectivity index (χ0n) is 11.5. The Bertz CT molecular complexity index is 445. The highest BCUT2D eigenvalue weighted by Gasteiger charge is 2.31. The lowest BCUT2D eigenvalue weighted by Crippen LogP contribution is -2.54. The van der Waals surface area contributed by atoms with Crippen LogP contribution in [0.25, 0.3) is 0 Å². The fourth-order valence-electron chi connectivity index (χ4n) is 1.77. The van der Waals surface area contributed by atoms with E-state index in [0.29, 0.717) is 12.8 Å². The minimum Gasteiger partial charge on any atom is -0.296 e. The maximum absolute atomic E-state index is 10.8.